The summed E-state index contributed by atoms with van der Waals surface area (Å²) in [7, 11) is 4.06. The Hall–Kier alpha value is -1.01. The largest absolute Gasteiger partial charge is 0.450 e. The number of carbonyl (C=O) groups is 3. The van der Waals surface area contributed by atoms with Crippen LogP contribution in [0.2, 0.25) is 0 Å². The molecule has 0 aromatic rings. The van der Waals surface area contributed by atoms with E-state index in [4.69, 9.17) is 4.74 Å². The molecule has 0 saturated carbocycles. The number of thioether (sulfide) groups is 2. The normalized spacial score (nSPS) is 34.7. The topological polar surface area (TPSA) is 112 Å². The number of carbonyl (C=O) groups excluding carboxylic acids is 3. The summed E-state index contributed by atoms with van der Waals surface area (Å²) in [5.74, 6) is -0.186. The number of alkyl carbamates (subject to hydrolysis) is 1. The molecule has 0 radical (unpaired) electrons. The van der Waals surface area contributed by atoms with Crippen molar-refractivity contribution in [2.45, 2.75) is 48.0 Å². The number of likely N-dealkylation sites (N-methyl/N-ethyl adjacent to an activating group) is 1. The van der Waals surface area contributed by atoms with Crippen molar-refractivity contribution in [1.82, 2.24) is 26.2 Å². The molecule has 0 aromatic carbocycles. The number of ether oxygens (including phenoxy) is 1. The number of nitrogens with zero attached hydrogens (tertiary/aromatic N) is 1. The monoisotopic (exact) mass is 431 g/mol. The number of piperidine rings is 1. The van der Waals surface area contributed by atoms with E-state index in [1.54, 1.807) is 18.7 Å². The van der Waals surface area contributed by atoms with Crippen molar-refractivity contribution in [2.24, 2.45) is 5.92 Å². The van der Waals surface area contributed by atoms with Gasteiger partial charge in [-0.25, -0.2) is 4.79 Å². The summed E-state index contributed by atoms with van der Waals surface area (Å²) in [6.07, 6.45) is 1.07. The maximum atomic E-state index is 12.8. The first-order valence-electron chi connectivity index (χ1n) is 9.61. The molecule has 6 atom stereocenters. The van der Waals surface area contributed by atoms with Gasteiger partial charge < -0.3 is 15.4 Å². The number of rotatable bonds is 5. The van der Waals surface area contributed by atoms with Crippen LogP contribution in [0.15, 0.2) is 0 Å². The first-order chi connectivity index (χ1) is 13.4. The third-order valence-corrected chi connectivity index (χ3v) is 7.96. The second kappa shape index (κ2) is 9.66. The van der Waals surface area contributed by atoms with E-state index < -0.39 is 17.9 Å². The molecule has 3 aliphatic rings. The molecule has 0 spiro atoms. The molecule has 3 aliphatic heterocycles. The molecule has 3 amide bonds. The van der Waals surface area contributed by atoms with Gasteiger partial charge in [0.15, 0.2) is 0 Å². The van der Waals surface area contributed by atoms with Gasteiger partial charge in [-0.3, -0.25) is 25.1 Å². The molecule has 6 unspecified atom stereocenters. The second-order valence-electron chi connectivity index (χ2n) is 7.30. The van der Waals surface area contributed by atoms with Crippen LogP contribution in [-0.4, -0.2) is 84.0 Å². The van der Waals surface area contributed by atoms with E-state index in [9.17, 15) is 14.4 Å². The Labute approximate surface area is 173 Å². The molecular weight excluding hydrogens is 402 g/mol. The Balaban J connectivity index is 1.55. The van der Waals surface area contributed by atoms with E-state index in [0.717, 1.165) is 18.7 Å². The van der Waals surface area contributed by atoms with Gasteiger partial charge in [-0.2, -0.15) is 0 Å². The molecule has 9 nitrogen and oxygen atoms in total. The molecule has 158 valence electrons. The molecule has 3 rings (SSSR count). The van der Waals surface area contributed by atoms with Crippen molar-refractivity contribution in [3.63, 3.8) is 0 Å². The highest BCUT2D eigenvalue weighted by Crippen LogP contribution is 2.35. The smallest absolute Gasteiger partial charge is 0.413 e. The van der Waals surface area contributed by atoms with Gasteiger partial charge in [0.25, 0.3) is 0 Å². The maximum absolute atomic E-state index is 12.8. The van der Waals surface area contributed by atoms with Crippen LogP contribution in [-0.2, 0) is 14.3 Å². The Kier molecular flexibility index (Phi) is 7.48. The van der Waals surface area contributed by atoms with Crippen molar-refractivity contribution < 1.29 is 19.1 Å². The summed E-state index contributed by atoms with van der Waals surface area (Å²) in [6, 6.07) is 0.198. The van der Waals surface area contributed by atoms with Crippen LogP contribution in [0, 0.1) is 5.92 Å². The zero-order valence-electron chi connectivity index (χ0n) is 16.4. The molecule has 4 N–H and O–H groups in total. The fraction of sp³-hybridized carbons (Fsp3) is 0.824. The molecule has 3 heterocycles. The van der Waals surface area contributed by atoms with Crippen LogP contribution in [0.1, 0.15) is 19.8 Å². The summed E-state index contributed by atoms with van der Waals surface area (Å²) >= 11 is 3.20. The van der Waals surface area contributed by atoms with Crippen molar-refractivity contribution in [1.29, 1.82) is 0 Å². The van der Waals surface area contributed by atoms with E-state index in [1.807, 2.05) is 14.1 Å². The van der Waals surface area contributed by atoms with E-state index in [2.05, 4.69) is 26.2 Å². The SMILES string of the molecule is CCOC(=O)NC(=O)C1CCSC1NC(=O)C1NC2C(CCNC2N(C)C)S1. The van der Waals surface area contributed by atoms with Gasteiger partial charge in [0.1, 0.15) is 5.37 Å². The summed E-state index contributed by atoms with van der Waals surface area (Å²) in [6.45, 7) is 2.81. The lowest BCUT2D eigenvalue weighted by atomic mass is 10.0. The molecule has 28 heavy (non-hydrogen) atoms. The average Bonchev–Trinajstić information content (AvgIpc) is 3.27. The Bertz CT molecular complexity index is 608. The van der Waals surface area contributed by atoms with E-state index in [1.165, 1.54) is 11.8 Å². The molecule has 3 fully saturated rings. The fourth-order valence-electron chi connectivity index (χ4n) is 3.84. The van der Waals surface area contributed by atoms with Gasteiger partial charge >= 0.3 is 6.09 Å². The first-order valence-corrected chi connectivity index (χ1v) is 11.6. The zero-order valence-corrected chi connectivity index (χ0v) is 18.0. The molecular formula is C17H29N5O4S2. The number of imide groups is 1. The standard InChI is InChI=1S/C17H29N5O4S2/c1-4-26-17(25)21-13(23)9-6-8-27-15(9)20-14(24)16-19-11-10(28-16)5-7-18-12(11)22(2)3/h9-12,15-16,18-19H,4-8H2,1-3H3,(H,20,24)(H,21,23,25). The Morgan fingerprint density at radius 1 is 1.21 bits per heavy atom. The first kappa shape index (κ1) is 21.7. The zero-order chi connectivity index (χ0) is 20.3. The lowest BCUT2D eigenvalue weighted by molar-refractivity contribution is -0.125. The fourth-order valence-corrected chi connectivity index (χ4v) is 6.60. The number of amides is 3. The molecule has 0 bridgehead atoms. The Morgan fingerprint density at radius 3 is 2.71 bits per heavy atom. The summed E-state index contributed by atoms with van der Waals surface area (Å²) in [5, 5.41) is 11.9. The molecule has 3 saturated heterocycles. The molecule has 11 heteroatoms. The maximum Gasteiger partial charge on any atom is 0.413 e. The summed E-state index contributed by atoms with van der Waals surface area (Å²) in [5.41, 5.74) is 0. The van der Waals surface area contributed by atoms with E-state index in [-0.39, 0.29) is 35.5 Å². The lowest BCUT2D eigenvalue weighted by Gasteiger charge is -2.38. The minimum atomic E-state index is -0.742. The highest BCUT2D eigenvalue weighted by Gasteiger charge is 2.45. The van der Waals surface area contributed by atoms with E-state index in [0.29, 0.717) is 11.7 Å². The lowest BCUT2D eigenvalue weighted by Crippen LogP contribution is -2.61. The Morgan fingerprint density at radius 2 is 2.00 bits per heavy atom. The quantitative estimate of drug-likeness (QED) is 0.468. The van der Waals surface area contributed by atoms with Crippen LogP contribution >= 0.6 is 23.5 Å². The predicted molar refractivity (Wildman–Crippen MR) is 110 cm³/mol. The molecule has 0 aromatic heterocycles. The van der Waals surface area contributed by atoms with Crippen LogP contribution in [0.25, 0.3) is 0 Å². The minimum Gasteiger partial charge on any atom is -0.450 e. The van der Waals surface area contributed by atoms with Crippen LogP contribution in [0.4, 0.5) is 4.79 Å². The van der Waals surface area contributed by atoms with Crippen LogP contribution in [0.5, 0.6) is 0 Å². The predicted octanol–water partition coefficient (Wildman–Crippen LogP) is -0.265. The summed E-state index contributed by atoms with van der Waals surface area (Å²) < 4.78 is 4.76. The summed E-state index contributed by atoms with van der Waals surface area (Å²) in [4.78, 5) is 38.8. The molecule has 0 aliphatic carbocycles. The third-order valence-electron chi connectivity index (χ3n) is 5.19. The highest BCUT2D eigenvalue weighted by molar-refractivity contribution is 8.01. The number of hydrogen-bond donors (Lipinski definition) is 4. The number of fused-ring (bicyclic) bond motifs is 1. The van der Waals surface area contributed by atoms with Crippen molar-refractivity contribution in [3.8, 4) is 0 Å². The van der Waals surface area contributed by atoms with Gasteiger partial charge in [0.05, 0.1) is 24.1 Å². The van der Waals surface area contributed by atoms with Gasteiger partial charge in [-0.05, 0) is 46.2 Å². The van der Waals surface area contributed by atoms with E-state index >= 15 is 0 Å². The van der Waals surface area contributed by atoms with Crippen molar-refractivity contribution in [3.05, 3.63) is 0 Å². The van der Waals surface area contributed by atoms with Gasteiger partial charge in [-0.15, -0.1) is 23.5 Å². The number of nitrogens with one attached hydrogen (secondary N) is 4. The highest BCUT2D eigenvalue weighted by atomic mass is 32.2. The number of hydrogen-bond acceptors (Lipinski definition) is 9. The van der Waals surface area contributed by atoms with Gasteiger partial charge in [0, 0.05) is 11.3 Å². The second-order valence-corrected chi connectivity index (χ2v) is 9.90. The van der Waals surface area contributed by atoms with Crippen LogP contribution < -0.4 is 21.3 Å². The van der Waals surface area contributed by atoms with Gasteiger partial charge in [0.2, 0.25) is 11.8 Å². The van der Waals surface area contributed by atoms with Crippen molar-refractivity contribution in [2.75, 3.05) is 33.0 Å². The van der Waals surface area contributed by atoms with Crippen molar-refractivity contribution >= 4 is 41.4 Å². The van der Waals surface area contributed by atoms with Crippen LogP contribution in [0.3, 0.4) is 0 Å². The van der Waals surface area contributed by atoms with Gasteiger partial charge in [-0.1, -0.05) is 0 Å². The minimum absolute atomic E-state index is 0.106. The average molecular weight is 432 g/mol. The third kappa shape index (κ3) is 4.93.